The molecule has 0 aliphatic heterocycles. The molecule has 3 aromatic rings. The highest BCUT2D eigenvalue weighted by molar-refractivity contribution is 5.94. The van der Waals surface area contributed by atoms with E-state index in [1.807, 2.05) is 6.07 Å². The summed E-state index contributed by atoms with van der Waals surface area (Å²) in [4.78, 5) is 15.9. The van der Waals surface area contributed by atoms with Crippen LogP contribution in [0.25, 0.3) is 10.9 Å². The number of fused-ring (bicyclic) bond motifs is 1. The van der Waals surface area contributed by atoms with E-state index in [1.165, 1.54) is 12.5 Å². The minimum absolute atomic E-state index is 0.0518. The van der Waals surface area contributed by atoms with Crippen molar-refractivity contribution in [1.82, 2.24) is 10.3 Å². The number of hydrogen-bond donors (Lipinski definition) is 2. The number of anilines is 1. The van der Waals surface area contributed by atoms with Crippen molar-refractivity contribution in [1.29, 1.82) is 0 Å². The fraction of sp³-hybridized carbons (Fsp3) is 0.333. The number of carbonyl (C=O) groups is 1. The zero-order chi connectivity index (χ0) is 20.6. The lowest BCUT2D eigenvalue weighted by atomic mass is 9.80. The van der Waals surface area contributed by atoms with Gasteiger partial charge in [-0.1, -0.05) is 12.1 Å². The number of pyridine rings is 1. The summed E-state index contributed by atoms with van der Waals surface area (Å²) in [5, 5.41) is 3.59. The van der Waals surface area contributed by atoms with Gasteiger partial charge in [0.15, 0.2) is 0 Å². The van der Waals surface area contributed by atoms with Crippen LogP contribution in [0.2, 0.25) is 0 Å². The Balaban J connectivity index is 1.52. The first-order chi connectivity index (χ1) is 13.8. The van der Waals surface area contributed by atoms with Crippen LogP contribution in [0.3, 0.4) is 0 Å². The highest BCUT2D eigenvalue weighted by Crippen LogP contribution is 2.39. The number of amides is 1. The molecular formula is C21H20F3N3O2. The average molecular weight is 403 g/mol. The molecule has 0 bridgehead atoms. The number of furan rings is 1. The van der Waals surface area contributed by atoms with E-state index >= 15 is 0 Å². The maximum absolute atomic E-state index is 13.0. The number of carbonyl (C=O) groups excluding carboxylic acids is 1. The standard InChI is InChI=1S/C21H20F3N3O2/c22-21(23,24)18-10-16(25)19-15(2-1-3-17(19)27-18)12-4-6-14(7-5-12)26-20(28)13-8-9-29-11-13/h1-3,8-12,14H,4-7H2,(H2,25,27)(H,26,28). The van der Waals surface area contributed by atoms with Gasteiger partial charge in [0, 0.05) is 17.1 Å². The molecule has 4 rings (SSSR count). The third-order valence-electron chi connectivity index (χ3n) is 5.47. The molecule has 1 aliphatic carbocycles. The van der Waals surface area contributed by atoms with Gasteiger partial charge in [-0.2, -0.15) is 13.2 Å². The average Bonchev–Trinajstić information content (AvgIpc) is 3.22. The van der Waals surface area contributed by atoms with Crippen LogP contribution >= 0.6 is 0 Å². The van der Waals surface area contributed by atoms with E-state index in [0.717, 1.165) is 37.3 Å². The van der Waals surface area contributed by atoms with E-state index in [4.69, 9.17) is 10.2 Å². The molecule has 2 aromatic heterocycles. The SMILES string of the molecule is Nc1cc(C(F)(F)F)nc2cccc(C3CCC(NC(=O)c4ccoc4)CC3)c12. The largest absolute Gasteiger partial charge is 0.472 e. The molecule has 1 saturated carbocycles. The second kappa shape index (κ2) is 7.42. The van der Waals surface area contributed by atoms with E-state index in [-0.39, 0.29) is 29.1 Å². The molecule has 5 nitrogen and oxygen atoms in total. The lowest BCUT2D eigenvalue weighted by Gasteiger charge is -2.30. The van der Waals surface area contributed by atoms with Gasteiger partial charge in [-0.3, -0.25) is 4.79 Å². The Bertz CT molecular complexity index is 1020. The minimum atomic E-state index is -4.54. The molecule has 1 aromatic carbocycles. The summed E-state index contributed by atoms with van der Waals surface area (Å²) in [6.45, 7) is 0. The van der Waals surface area contributed by atoms with Gasteiger partial charge in [-0.25, -0.2) is 4.98 Å². The van der Waals surface area contributed by atoms with Crippen molar-refractivity contribution < 1.29 is 22.4 Å². The molecule has 152 valence electrons. The van der Waals surface area contributed by atoms with Crippen LogP contribution in [0.1, 0.15) is 53.2 Å². The quantitative estimate of drug-likeness (QED) is 0.653. The smallest absolute Gasteiger partial charge is 0.433 e. The minimum Gasteiger partial charge on any atom is -0.472 e. The van der Waals surface area contributed by atoms with Crippen molar-refractivity contribution in [2.24, 2.45) is 0 Å². The van der Waals surface area contributed by atoms with E-state index in [1.54, 1.807) is 18.2 Å². The first kappa shape index (κ1) is 19.3. The Labute approximate surface area is 165 Å². The summed E-state index contributed by atoms with van der Waals surface area (Å²) in [6.07, 6.45) is 1.48. The Morgan fingerprint density at radius 2 is 1.93 bits per heavy atom. The molecule has 2 heterocycles. The highest BCUT2D eigenvalue weighted by atomic mass is 19.4. The van der Waals surface area contributed by atoms with Crippen molar-refractivity contribution in [3.8, 4) is 0 Å². The Kier molecular flexibility index (Phi) is 4.94. The first-order valence-corrected chi connectivity index (χ1v) is 9.42. The summed E-state index contributed by atoms with van der Waals surface area (Å²) in [5.41, 5.74) is 6.77. The second-order valence-electron chi connectivity index (χ2n) is 7.37. The Morgan fingerprint density at radius 1 is 1.17 bits per heavy atom. The summed E-state index contributed by atoms with van der Waals surface area (Å²) in [6, 6.07) is 7.75. The molecule has 1 amide bonds. The highest BCUT2D eigenvalue weighted by Gasteiger charge is 2.34. The van der Waals surface area contributed by atoms with Gasteiger partial charge in [-0.05, 0) is 55.4 Å². The molecular weight excluding hydrogens is 383 g/mol. The van der Waals surface area contributed by atoms with E-state index in [2.05, 4.69) is 10.3 Å². The molecule has 1 fully saturated rings. The van der Waals surface area contributed by atoms with Gasteiger partial charge < -0.3 is 15.5 Å². The van der Waals surface area contributed by atoms with Crippen LogP contribution < -0.4 is 11.1 Å². The van der Waals surface area contributed by atoms with E-state index in [0.29, 0.717) is 10.9 Å². The van der Waals surface area contributed by atoms with Crippen LogP contribution in [0.15, 0.2) is 47.3 Å². The molecule has 0 unspecified atom stereocenters. The van der Waals surface area contributed by atoms with Gasteiger partial charge in [0.1, 0.15) is 12.0 Å². The van der Waals surface area contributed by atoms with Crippen molar-refractivity contribution in [2.45, 2.75) is 43.8 Å². The van der Waals surface area contributed by atoms with Crippen LogP contribution in [0.5, 0.6) is 0 Å². The maximum Gasteiger partial charge on any atom is 0.433 e. The third-order valence-corrected chi connectivity index (χ3v) is 5.47. The number of nitrogen functional groups attached to an aromatic ring is 1. The number of nitrogens with one attached hydrogen (secondary N) is 1. The predicted octanol–water partition coefficient (Wildman–Crippen LogP) is 4.89. The van der Waals surface area contributed by atoms with Gasteiger partial charge in [-0.15, -0.1) is 0 Å². The summed E-state index contributed by atoms with van der Waals surface area (Å²) in [5.74, 6) is -0.0119. The van der Waals surface area contributed by atoms with Gasteiger partial charge in [0.25, 0.3) is 5.91 Å². The Hall–Kier alpha value is -3.03. The fourth-order valence-corrected chi connectivity index (χ4v) is 4.04. The van der Waals surface area contributed by atoms with Gasteiger partial charge in [0.05, 0.1) is 17.3 Å². The molecule has 0 saturated heterocycles. The number of alkyl halides is 3. The molecule has 0 radical (unpaired) electrons. The zero-order valence-electron chi connectivity index (χ0n) is 15.5. The van der Waals surface area contributed by atoms with Gasteiger partial charge in [0.2, 0.25) is 0 Å². The lowest BCUT2D eigenvalue weighted by Crippen LogP contribution is -2.37. The number of halogens is 3. The zero-order valence-corrected chi connectivity index (χ0v) is 15.5. The van der Waals surface area contributed by atoms with Crippen LogP contribution in [-0.2, 0) is 6.18 Å². The normalized spacial score (nSPS) is 20.0. The van der Waals surface area contributed by atoms with Crippen LogP contribution in [-0.4, -0.2) is 16.9 Å². The summed E-state index contributed by atoms with van der Waals surface area (Å²) >= 11 is 0. The predicted molar refractivity (Wildman–Crippen MR) is 102 cm³/mol. The number of aromatic nitrogens is 1. The summed E-state index contributed by atoms with van der Waals surface area (Å²) < 4.78 is 44.1. The lowest BCUT2D eigenvalue weighted by molar-refractivity contribution is -0.140. The van der Waals surface area contributed by atoms with Crippen molar-refractivity contribution in [3.05, 3.63) is 59.7 Å². The number of benzene rings is 1. The molecule has 3 N–H and O–H groups in total. The number of nitrogens with zero attached hydrogens (tertiary/aromatic N) is 1. The van der Waals surface area contributed by atoms with E-state index < -0.39 is 11.9 Å². The van der Waals surface area contributed by atoms with Crippen molar-refractivity contribution in [2.75, 3.05) is 5.73 Å². The van der Waals surface area contributed by atoms with Crippen LogP contribution in [0.4, 0.5) is 18.9 Å². The Morgan fingerprint density at radius 3 is 2.59 bits per heavy atom. The maximum atomic E-state index is 13.0. The number of nitrogens with two attached hydrogens (primary N) is 1. The van der Waals surface area contributed by atoms with Gasteiger partial charge >= 0.3 is 6.18 Å². The summed E-state index contributed by atoms with van der Waals surface area (Å²) in [7, 11) is 0. The monoisotopic (exact) mass is 403 g/mol. The first-order valence-electron chi connectivity index (χ1n) is 9.42. The molecule has 0 atom stereocenters. The van der Waals surface area contributed by atoms with E-state index in [9.17, 15) is 18.0 Å². The number of hydrogen-bond acceptors (Lipinski definition) is 4. The van der Waals surface area contributed by atoms with Crippen LogP contribution in [0, 0.1) is 0 Å². The second-order valence-corrected chi connectivity index (χ2v) is 7.37. The molecule has 0 spiro atoms. The fourth-order valence-electron chi connectivity index (χ4n) is 4.04. The molecule has 1 aliphatic rings. The topological polar surface area (TPSA) is 81.1 Å². The third kappa shape index (κ3) is 3.92. The van der Waals surface area contributed by atoms with Crippen molar-refractivity contribution >= 4 is 22.5 Å². The van der Waals surface area contributed by atoms with Crippen molar-refractivity contribution in [3.63, 3.8) is 0 Å². The molecule has 8 heteroatoms. The molecule has 29 heavy (non-hydrogen) atoms. The number of rotatable bonds is 3.